The molecule has 2 saturated carbocycles. The fourth-order valence-corrected chi connectivity index (χ4v) is 6.16. The first-order valence-electron chi connectivity index (χ1n) is 10.5. The molecule has 0 bridgehead atoms. The first-order valence-corrected chi connectivity index (χ1v) is 10.5. The summed E-state index contributed by atoms with van der Waals surface area (Å²) in [5.41, 5.74) is 4.17. The monoisotopic (exact) mass is 360 g/mol. The van der Waals surface area contributed by atoms with Crippen molar-refractivity contribution in [3.8, 4) is 5.75 Å². The molecule has 0 radical (unpaired) electrons. The third-order valence-corrected chi connectivity index (χ3v) is 7.66. The lowest BCUT2D eigenvalue weighted by Crippen LogP contribution is -2.42. The summed E-state index contributed by atoms with van der Waals surface area (Å²) >= 11 is 0. The van der Waals surface area contributed by atoms with Gasteiger partial charge in [0.25, 0.3) is 0 Å². The van der Waals surface area contributed by atoms with Crippen molar-refractivity contribution in [2.24, 2.45) is 17.3 Å². The molecule has 140 valence electrons. The quantitative estimate of drug-likeness (QED) is 0.703. The number of aryl methyl sites for hydroxylation is 1. The van der Waals surface area contributed by atoms with E-state index in [1.807, 2.05) is 6.07 Å². The predicted molar refractivity (Wildman–Crippen MR) is 107 cm³/mol. The average molecular weight is 360 g/mol. The summed E-state index contributed by atoms with van der Waals surface area (Å²) in [5, 5.41) is 0. The summed E-state index contributed by atoms with van der Waals surface area (Å²) in [7, 11) is 0. The molecule has 0 aromatic heterocycles. The van der Waals surface area contributed by atoms with Gasteiger partial charge in [0, 0.05) is 11.8 Å². The number of fused-ring (bicyclic) bond motifs is 5. The van der Waals surface area contributed by atoms with Gasteiger partial charge in [0.1, 0.15) is 18.1 Å². The maximum absolute atomic E-state index is 12.5. The zero-order chi connectivity index (χ0) is 18.4. The highest BCUT2D eigenvalue weighted by Crippen LogP contribution is 2.59. The fourth-order valence-electron chi connectivity index (χ4n) is 6.16. The number of benzene rings is 2. The van der Waals surface area contributed by atoms with Crippen molar-refractivity contribution in [2.75, 3.05) is 0 Å². The summed E-state index contributed by atoms with van der Waals surface area (Å²) in [5.74, 6) is 3.44. The van der Waals surface area contributed by atoms with Gasteiger partial charge < -0.3 is 4.74 Å². The molecule has 2 nitrogen and oxygen atoms in total. The molecule has 2 aromatic rings. The van der Waals surface area contributed by atoms with Gasteiger partial charge in [-0.3, -0.25) is 4.79 Å². The van der Waals surface area contributed by atoms with Crippen molar-refractivity contribution in [3.05, 3.63) is 65.2 Å². The number of hydrogen-bond donors (Lipinski definition) is 0. The lowest BCUT2D eigenvalue weighted by atomic mass is 9.55. The van der Waals surface area contributed by atoms with E-state index < -0.39 is 0 Å². The van der Waals surface area contributed by atoms with E-state index in [0.29, 0.717) is 30.1 Å². The lowest BCUT2D eigenvalue weighted by molar-refractivity contribution is -0.129. The zero-order valence-electron chi connectivity index (χ0n) is 16.1. The van der Waals surface area contributed by atoms with Gasteiger partial charge in [-0.25, -0.2) is 0 Å². The second kappa shape index (κ2) is 6.51. The summed E-state index contributed by atoms with van der Waals surface area (Å²) in [6.07, 6.45) is 6.52. The number of hydrogen-bond acceptors (Lipinski definition) is 2. The highest BCUT2D eigenvalue weighted by Gasteiger charge is 2.54. The lowest BCUT2D eigenvalue weighted by Gasteiger charge is -2.48. The first-order chi connectivity index (χ1) is 13.1. The smallest absolute Gasteiger partial charge is 0.139 e. The van der Waals surface area contributed by atoms with E-state index >= 15 is 0 Å². The molecule has 0 N–H and O–H groups in total. The normalized spacial score (nSPS) is 31.7. The Kier molecular flexibility index (Phi) is 4.11. The Hall–Kier alpha value is -2.09. The van der Waals surface area contributed by atoms with Gasteiger partial charge in [-0.05, 0) is 78.7 Å². The summed E-state index contributed by atoms with van der Waals surface area (Å²) in [6, 6.07) is 17.1. The zero-order valence-corrected chi connectivity index (χ0v) is 16.1. The summed E-state index contributed by atoms with van der Waals surface area (Å²) in [4.78, 5) is 12.5. The van der Waals surface area contributed by atoms with Crippen LogP contribution in [0.1, 0.15) is 61.6 Å². The molecule has 4 atom stereocenters. The highest BCUT2D eigenvalue weighted by atomic mass is 16.5. The molecule has 27 heavy (non-hydrogen) atoms. The first kappa shape index (κ1) is 17.0. The Labute approximate surface area is 161 Å². The third kappa shape index (κ3) is 2.81. The van der Waals surface area contributed by atoms with Gasteiger partial charge in [-0.15, -0.1) is 0 Å². The Morgan fingerprint density at radius 2 is 1.89 bits per heavy atom. The molecule has 5 rings (SSSR count). The molecular weight excluding hydrogens is 332 g/mol. The van der Waals surface area contributed by atoms with Gasteiger partial charge in [0.15, 0.2) is 0 Å². The van der Waals surface area contributed by atoms with E-state index in [9.17, 15) is 4.79 Å². The molecule has 0 aliphatic heterocycles. The minimum atomic E-state index is -0.0304. The largest absolute Gasteiger partial charge is 0.489 e. The maximum Gasteiger partial charge on any atom is 0.139 e. The Balaban J connectivity index is 1.35. The fraction of sp³-hybridized carbons (Fsp3) is 0.480. The molecule has 1 unspecified atom stereocenters. The topological polar surface area (TPSA) is 26.3 Å². The van der Waals surface area contributed by atoms with Crippen LogP contribution in [0, 0.1) is 17.3 Å². The second-order valence-corrected chi connectivity index (χ2v) is 8.97. The van der Waals surface area contributed by atoms with Crippen LogP contribution in [0.5, 0.6) is 5.75 Å². The molecule has 0 amide bonds. The van der Waals surface area contributed by atoms with Gasteiger partial charge >= 0.3 is 0 Å². The van der Waals surface area contributed by atoms with Crippen LogP contribution >= 0.6 is 0 Å². The van der Waals surface area contributed by atoms with Crippen molar-refractivity contribution in [1.29, 1.82) is 0 Å². The van der Waals surface area contributed by atoms with Crippen molar-refractivity contribution in [1.82, 2.24) is 0 Å². The second-order valence-electron chi connectivity index (χ2n) is 8.97. The number of ether oxygens (including phenoxy) is 1. The Morgan fingerprint density at radius 1 is 1.04 bits per heavy atom. The van der Waals surface area contributed by atoms with Crippen LogP contribution in [-0.4, -0.2) is 5.78 Å². The average Bonchev–Trinajstić information content (AvgIpc) is 3.01. The predicted octanol–water partition coefficient (Wildman–Crippen LogP) is 5.69. The van der Waals surface area contributed by atoms with Crippen LogP contribution in [0.3, 0.4) is 0 Å². The minimum absolute atomic E-state index is 0.0304. The number of rotatable bonds is 3. The summed E-state index contributed by atoms with van der Waals surface area (Å²) in [6.45, 7) is 2.87. The summed E-state index contributed by atoms with van der Waals surface area (Å²) < 4.78 is 6.05. The molecule has 0 spiro atoms. The molecule has 3 aliphatic carbocycles. The van der Waals surface area contributed by atoms with Crippen LogP contribution in [-0.2, 0) is 17.8 Å². The van der Waals surface area contributed by atoms with Crippen molar-refractivity contribution < 1.29 is 9.53 Å². The van der Waals surface area contributed by atoms with Crippen LogP contribution in [0.4, 0.5) is 0 Å². The molecule has 2 heteroatoms. The van der Waals surface area contributed by atoms with E-state index in [-0.39, 0.29) is 5.41 Å². The van der Waals surface area contributed by atoms with Crippen LogP contribution in [0.2, 0.25) is 0 Å². The number of carbonyl (C=O) groups is 1. The minimum Gasteiger partial charge on any atom is -0.489 e. The van der Waals surface area contributed by atoms with Crippen molar-refractivity contribution in [3.63, 3.8) is 0 Å². The van der Waals surface area contributed by atoms with Crippen molar-refractivity contribution >= 4 is 5.78 Å². The van der Waals surface area contributed by atoms with E-state index in [0.717, 1.165) is 31.4 Å². The molecule has 0 saturated heterocycles. The number of ketones is 1. The molecule has 3 aliphatic rings. The standard InChI is InChI=1S/C25H28O2/c1-25-14-13-21-20-10-8-19(27-16-17-5-3-2-4-6-17)15-18(20)7-9-22(21)23(25)11-12-24(25)26/h2-6,8,10,15,21-23H,7,9,11-14,16H2,1H3/t21-,22-,23?,25+/m1/s1. The van der Waals surface area contributed by atoms with Crippen LogP contribution < -0.4 is 4.74 Å². The molecular formula is C25H28O2. The van der Waals surface area contributed by atoms with E-state index in [2.05, 4.69) is 49.4 Å². The van der Waals surface area contributed by atoms with E-state index in [4.69, 9.17) is 4.74 Å². The van der Waals surface area contributed by atoms with Gasteiger partial charge in [-0.2, -0.15) is 0 Å². The van der Waals surface area contributed by atoms with Gasteiger partial charge in [0.2, 0.25) is 0 Å². The van der Waals surface area contributed by atoms with Gasteiger partial charge in [-0.1, -0.05) is 43.3 Å². The molecule has 0 heterocycles. The maximum atomic E-state index is 12.5. The SMILES string of the molecule is C[C@]12CC[C@@H]3c4ccc(OCc5ccccc5)cc4CC[C@H]3C1CCC2=O. The Bertz CT molecular complexity index is 856. The number of Topliss-reactive ketones (excluding diaryl/α,β-unsaturated/α-hetero) is 1. The third-order valence-electron chi connectivity index (χ3n) is 7.66. The Morgan fingerprint density at radius 3 is 2.74 bits per heavy atom. The van der Waals surface area contributed by atoms with Gasteiger partial charge in [0.05, 0.1) is 0 Å². The van der Waals surface area contributed by atoms with Crippen molar-refractivity contribution in [2.45, 2.75) is 58.0 Å². The number of carbonyl (C=O) groups excluding carboxylic acids is 1. The molecule has 2 fully saturated rings. The highest BCUT2D eigenvalue weighted by molar-refractivity contribution is 5.87. The van der Waals surface area contributed by atoms with Crippen LogP contribution in [0.25, 0.3) is 0 Å². The van der Waals surface area contributed by atoms with E-state index in [1.54, 1.807) is 0 Å². The van der Waals surface area contributed by atoms with E-state index in [1.165, 1.54) is 29.5 Å². The van der Waals surface area contributed by atoms with Crippen LogP contribution in [0.15, 0.2) is 48.5 Å². The molecule has 2 aromatic carbocycles.